The van der Waals surface area contributed by atoms with Crippen LogP contribution in [0.15, 0.2) is 22.7 Å². The van der Waals surface area contributed by atoms with Gasteiger partial charge in [0.05, 0.1) is 6.54 Å². The zero-order valence-electron chi connectivity index (χ0n) is 9.04. The summed E-state index contributed by atoms with van der Waals surface area (Å²) in [5.41, 5.74) is 5.76. The molecule has 0 saturated carbocycles. The van der Waals surface area contributed by atoms with E-state index in [-0.39, 0.29) is 24.8 Å². The van der Waals surface area contributed by atoms with Crippen LogP contribution in [0.1, 0.15) is 12.5 Å². The lowest BCUT2D eigenvalue weighted by atomic mass is 10.2. The summed E-state index contributed by atoms with van der Waals surface area (Å²) in [7, 11) is 0. The van der Waals surface area contributed by atoms with Crippen molar-refractivity contribution < 1.29 is 9.18 Å². The fourth-order valence-electron chi connectivity index (χ4n) is 1.38. The first kappa shape index (κ1) is 13.1. The van der Waals surface area contributed by atoms with E-state index in [0.717, 1.165) is 4.47 Å². The molecule has 0 fully saturated rings. The minimum Gasteiger partial charge on any atom is -0.337 e. The molecule has 1 rings (SSSR count). The fraction of sp³-hybridized carbons (Fsp3) is 0.364. The second-order valence-electron chi connectivity index (χ2n) is 3.35. The van der Waals surface area contributed by atoms with Gasteiger partial charge in [0.1, 0.15) is 5.82 Å². The Hall–Kier alpha value is -0.940. The van der Waals surface area contributed by atoms with Crippen molar-refractivity contribution in [3.63, 3.8) is 0 Å². The number of benzene rings is 1. The summed E-state index contributed by atoms with van der Waals surface area (Å²) in [6, 6.07) is 4.67. The minimum absolute atomic E-state index is 0.0521. The van der Waals surface area contributed by atoms with Crippen LogP contribution in [-0.4, -0.2) is 23.9 Å². The van der Waals surface area contributed by atoms with Crippen LogP contribution in [0.2, 0.25) is 0 Å². The molecular weight excluding hydrogens is 275 g/mol. The van der Waals surface area contributed by atoms with Crippen molar-refractivity contribution in [1.82, 2.24) is 4.90 Å². The van der Waals surface area contributed by atoms with E-state index in [2.05, 4.69) is 15.9 Å². The second-order valence-corrected chi connectivity index (χ2v) is 4.26. The Morgan fingerprint density at radius 3 is 2.81 bits per heavy atom. The topological polar surface area (TPSA) is 46.3 Å². The highest BCUT2D eigenvalue weighted by molar-refractivity contribution is 9.10. The number of nitrogens with two attached hydrogens (primary N) is 1. The molecule has 0 bridgehead atoms. The smallest absolute Gasteiger partial charge is 0.236 e. The Morgan fingerprint density at radius 1 is 1.56 bits per heavy atom. The van der Waals surface area contributed by atoms with Crippen molar-refractivity contribution >= 4 is 21.8 Å². The maximum atomic E-state index is 13.4. The molecule has 16 heavy (non-hydrogen) atoms. The van der Waals surface area contributed by atoms with Gasteiger partial charge in [0.15, 0.2) is 0 Å². The van der Waals surface area contributed by atoms with Crippen molar-refractivity contribution in [1.29, 1.82) is 0 Å². The van der Waals surface area contributed by atoms with Gasteiger partial charge in [-0.2, -0.15) is 0 Å². The largest absolute Gasteiger partial charge is 0.337 e. The predicted molar refractivity (Wildman–Crippen MR) is 64.2 cm³/mol. The van der Waals surface area contributed by atoms with Gasteiger partial charge in [-0.3, -0.25) is 4.79 Å². The van der Waals surface area contributed by atoms with Crippen LogP contribution >= 0.6 is 15.9 Å². The zero-order valence-corrected chi connectivity index (χ0v) is 10.6. The first-order chi connectivity index (χ1) is 7.58. The summed E-state index contributed by atoms with van der Waals surface area (Å²) < 4.78 is 14.2. The molecule has 1 aromatic rings. The van der Waals surface area contributed by atoms with E-state index < -0.39 is 0 Å². The molecular formula is C11H14BrFN2O. The molecule has 0 saturated heterocycles. The van der Waals surface area contributed by atoms with E-state index in [1.165, 1.54) is 11.0 Å². The summed E-state index contributed by atoms with van der Waals surface area (Å²) in [6.45, 7) is 2.55. The molecule has 0 aliphatic rings. The van der Waals surface area contributed by atoms with Gasteiger partial charge in [-0.15, -0.1) is 0 Å². The van der Waals surface area contributed by atoms with Crippen LogP contribution in [-0.2, 0) is 11.3 Å². The van der Waals surface area contributed by atoms with E-state index in [4.69, 9.17) is 5.73 Å². The van der Waals surface area contributed by atoms with Gasteiger partial charge in [-0.25, -0.2) is 4.39 Å². The van der Waals surface area contributed by atoms with Crippen LogP contribution in [0.3, 0.4) is 0 Å². The van der Waals surface area contributed by atoms with Gasteiger partial charge in [0, 0.05) is 23.1 Å². The Balaban J connectivity index is 2.85. The Bertz CT molecular complexity index is 384. The summed E-state index contributed by atoms with van der Waals surface area (Å²) in [6.07, 6.45) is 0. The second kappa shape index (κ2) is 5.96. The number of rotatable bonds is 4. The number of hydrogen-bond acceptors (Lipinski definition) is 2. The molecule has 0 aromatic heterocycles. The molecule has 0 spiro atoms. The number of halogens is 2. The summed E-state index contributed by atoms with van der Waals surface area (Å²) in [4.78, 5) is 12.9. The molecule has 0 unspecified atom stereocenters. The average Bonchev–Trinajstić information content (AvgIpc) is 2.29. The minimum atomic E-state index is -0.313. The maximum Gasteiger partial charge on any atom is 0.236 e. The summed E-state index contributed by atoms with van der Waals surface area (Å²) >= 11 is 3.27. The molecule has 0 atom stereocenters. The van der Waals surface area contributed by atoms with Crippen LogP contribution in [0.4, 0.5) is 4.39 Å². The number of hydrogen-bond donors (Lipinski definition) is 1. The predicted octanol–water partition coefficient (Wildman–Crippen LogP) is 1.90. The van der Waals surface area contributed by atoms with E-state index >= 15 is 0 Å². The zero-order chi connectivity index (χ0) is 12.1. The van der Waals surface area contributed by atoms with E-state index in [9.17, 15) is 9.18 Å². The molecule has 0 radical (unpaired) electrons. The molecule has 3 nitrogen and oxygen atoms in total. The molecule has 0 aliphatic heterocycles. The Kier molecular flexibility index (Phi) is 4.89. The molecule has 88 valence electrons. The molecule has 1 amide bonds. The summed E-state index contributed by atoms with van der Waals surface area (Å²) in [5.74, 6) is -0.492. The third kappa shape index (κ3) is 3.28. The number of nitrogens with zero attached hydrogens (tertiary/aromatic N) is 1. The average molecular weight is 289 g/mol. The van der Waals surface area contributed by atoms with Crippen molar-refractivity contribution in [2.45, 2.75) is 13.5 Å². The molecule has 0 aliphatic carbocycles. The number of amides is 1. The van der Waals surface area contributed by atoms with Gasteiger partial charge in [-0.1, -0.05) is 15.9 Å². The quantitative estimate of drug-likeness (QED) is 0.920. The van der Waals surface area contributed by atoms with Gasteiger partial charge in [0.2, 0.25) is 5.91 Å². The van der Waals surface area contributed by atoms with Crippen molar-refractivity contribution in [2.24, 2.45) is 5.73 Å². The monoisotopic (exact) mass is 288 g/mol. The lowest BCUT2D eigenvalue weighted by Crippen LogP contribution is -2.35. The highest BCUT2D eigenvalue weighted by Gasteiger charge is 2.12. The number of likely N-dealkylation sites (N-methyl/N-ethyl adjacent to an activating group) is 1. The molecule has 0 heterocycles. The SMILES string of the molecule is CCN(Cc1cc(Br)ccc1F)C(=O)CN. The third-order valence-corrected chi connectivity index (χ3v) is 2.77. The standard InChI is InChI=1S/C11H14BrFN2O/c1-2-15(11(16)6-14)7-8-5-9(12)3-4-10(8)13/h3-5H,2,6-7,14H2,1H3. The van der Waals surface area contributed by atoms with Gasteiger partial charge >= 0.3 is 0 Å². The van der Waals surface area contributed by atoms with Crippen LogP contribution in [0.5, 0.6) is 0 Å². The maximum absolute atomic E-state index is 13.4. The Morgan fingerprint density at radius 2 is 2.25 bits per heavy atom. The number of carbonyl (C=O) groups excluding carboxylic acids is 1. The summed E-state index contributed by atoms with van der Waals surface area (Å²) in [5, 5.41) is 0. The first-order valence-electron chi connectivity index (χ1n) is 5.00. The van der Waals surface area contributed by atoms with Crippen molar-refractivity contribution in [3.05, 3.63) is 34.1 Å². The highest BCUT2D eigenvalue weighted by atomic mass is 79.9. The lowest BCUT2D eigenvalue weighted by molar-refractivity contribution is -0.130. The first-order valence-corrected chi connectivity index (χ1v) is 5.79. The molecule has 2 N–H and O–H groups in total. The molecule has 1 aromatic carbocycles. The highest BCUT2D eigenvalue weighted by Crippen LogP contribution is 2.17. The van der Waals surface area contributed by atoms with E-state index in [1.807, 2.05) is 6.92 Å². The van der Waals surface area contributed by atoms with Gasteiger partial charge in [0.25, 0.3) is 0 Å². The number of carbonyl (C=O) groups is 1. The Labute approximate surface area is 103 Å². The van der Waals surface area contributed by atoms with E-state index in [0.29, 0.717) is 12.1 Å². The van der Waals surface area contributed by atoms with E-state index in [1.54, 1.807) is 12.1 Å². The fourth-order valence-corrected chi connectivity index (χ4v) is 1.78. The van der Waals surface area contributed by atoms with Gasteiger partial charge in [-0.05, 0) is 25.1 Å². The van der Waals surface area contributed by atoms with Gasteiger partial charge < -0.3 is 10.6 Å². The lowest BCUT2D eigenvalue weighted by Gasteiger charge is -2.20. The van der Waals surface area contributed by atoms with Crippen LogP contribution < -0.4 is 5.73 Å². The third-order valence-electron chi connectivity index (χ3n) is 2.28. The normalized spacial score (nSPS) is 10.2. The van der Waals surface area contributed by atoms with Crippen LogP contribution in [0.25, 0.3) is 0 Å². The van der Waals surface area contributed by atoms with Crippen molar-refractivity contribution in [3.8, 4) is 0 Å². The van der Waals surface area contributed by atoms with Crippen LogP contribution in [0, 0.1) is 5.82 Å². The molecule has 5 heteroatoms. The van der Waals surface area contributed by atoms with Crippen molar-refractivity contribution in [2.75, 3.05) is 13.1 Å².